The molecule has 0 heterocycles. The second kappa shape index (κ2) is 13.4. The van der Waals surface area contributed by atoms with Gasteiger partial charge in [0.25, 0.3) is 0 Å². The lowest BCUT2D eigenvalue weighted by atomic mass is 10.0. The fourth-order valence-electron chi connectivity index (χ4n) is 3.12. The lowest BCUT2D eigenvalue weighted by Gasteiger charge is -2.15. The minimum absolute atomic E-state index is 0.228. The van der Waals surface area contributed by atoms with Crippen molar-refractivity contribution in [3.63, 3.8) is 0 Å². The fourth-order valence-corrected chi connectivity index (χ4v) is 3.12. The van der Waals surface area contributed by atoms with E-state index in [1.54, 1.807) is 0 Å². The van der Waals surface area contributed by atoms with Gasteiger partial charge < -0.3 is 20.9 Å². The Labute approximate surface area is 178 Å². The number of carboxylic acid groups (broad SMARTS) is 1. The second-order valence-electron chi connectivity index (χ2n) is 7.34. The van der Waals surface area contributed by atoms with E-state index in [1.165, 1.54) is 0 Å². The van der Waals surface area contributed by atoms with Crippen molar-refractivity contribution >= 4 is 11.9 Å². The SMILES string of the molecule is NCCCCCCOc1ccc(C[C@H](NC(=O)CCc2ccccc2)C(=O)O)cc1. The summed E-state index contributed by atoms with van der Waals surface area (Å²) in [4.78, 5) is 23.8. The van der Waals surface area contributed by atoms with Gasteiger partial charge in [-0.1, -0.05) is 55.3 Å². The first kappa shape index (κ1) is 23.4. The highest BCUT2D eigenvalue weighted by Crippen LogP contribution is 2.15. The molecule has 6 nitrogen and oxygen atoms in total. The fraction of sp³-hybridized carbons (Fsp3) is 0.417. The number of nitrogens with one attached hydrogen (secondary N) is 1. The molecule has 0 saturated carbocycles. The number of aryl methyl sites for hydroxylation is 1. The third kappa shape index (κ3) is 9.09. The first-order valence-corrected chi connectivity index (χ1v) is 10.6. The van der Waals surface area contributed by atoms with E-state index >= 15 is 0 Å². The quantitative estimate of drug-likeness (QED) is 0.413. The Morgan fingerprint density at radius 3 is 2.30 bits per heavy atom. The number of carbonyl (C=O) groups is 2. The number of unbranched alkanes of at least 4 members (excludes halogenated alkanes) is 3. The number of nitrogens with two attached hydrogens (primary N) is 1. The maximum absolute atomic E-state index is 12.2. The highest BCUT2D eigenvalue weighted by atomic mass is 16.5. The molecule has 0 aliphatic carbocycles. The molecule has 0 aliphatic rings. The Morgan fingerprint density at radius 2 is 1.63 bits per heavy atom. The molecule has 6 heteroatoms. The van der Waals surface area contributed by atoms with Crippen molar-refractivity contribution in [2.45, 2.75) is 51.0 Å². The number of carboxylic acids is 1. The van der Waals surface area contributed by atoms with Crippen LogP contribution >= 0.6 is 0 Å². The lowest BCUT2D eigenvalue weighted by Crippen LogP contribution is -2.42. The lowest BCUT2D eigenvalue weighted by molar-refractivity contribution is -0.141. The summed E-state index contributed by atoms with van der Waals surface area (Å²) in [6.07, 6.45) is 5.31. The summed E-state index contributed by atoms with van der Waals surface area (Å²) in [6.45, 7) is 1.38. The summed E-state index contributed by atoms with van der Waals surface area (Å²) < 4.78 is 5.71. The zero-order valence-electron chi connectivity index (χ0n) is 17.4. The van der Waals surface area contributed by atoms with E-state index < -0.39 is 12.0 Å². The van der Waals surface area contributed by atoms with Crippen LogP contribution in [0.25, 0.3) is 0 Å². The number of ether oxygens (including phenoxy) is 1. The molecule has 162 valence electrons. The Kier molecular flexibility index (Phi) is 10.4. The molecule has 4 N–H and O–H groups in total. The molecule has 0 bridgehead atoms. The van der Waals surface area contributed by atoms with Gasteiger partial charge in [0.1, 0.15) is 11.8 Å². The molecule has 2 aromatic carbocycles. The number of carbonyl (C=O) groups excluding carboxylic acids is 1. The summed E-state index contributed by atoms with van der Waals surface area (Å²) in [5.41, 5.74) is 7.36. The van der Waals surface area contributed by atoms with E-state index in [0.29, 0.717) is 13.0 Å². The summed E-state index contributed by atoms with van der Waals surface area (Å²) in [6, 6.07) is 16.1. The Morgan fingerprint density at radius 1 is 0.933 bits per heavy atom. The molecule has 0 unspecified atom stereocenters. The van der Waals surface area contributed by atoms with Gasteiger partial charge in [-0.25, -0.2) is 4.79 Å². The number of hydrogen-bond donors (Lipinski definition) is 3. The molecule has 1 atom stereocenters. The normalized spacial score (nSPS) is 11.6. The van der Waals surface area contributed by atoms with Gasteiger partial charge in [0.15, 0.2) is 0 Å². The van der Waals surface area contributed by atoms with Crippen LogP contribution in [0.2, 0.25) is 0 Å². The molecule has 0 fully saturated rings. The van der Waals surface area contributed by atoms with Crippen molar-refractivity contribution in [1.29, 1.82) is 0 Å². The zero-order valence-corrected chi connectivity index (χ0v) is 17.4. The number of hydrogen-bond acceptors (Lipinski definition) is 4. The maximum Gasteiger partial charge on any atom is 0.326 e. The molecule has 0 aliphatic heterocycles. The van der Waals surface area contributed by atoms with Crippen LogP contribution in [0.1, 0.15) is 43.2 Å². The van der Waals surface area contributed by atoms with Crippen molar-refractivity contribution in [2.24, 2.45) is 5.73 Å². The van der Waals surface area contributed by atoms with Gasteiger partial charge >= 0.3 is 5.97 Å². The average Bonchev–Trinajstić information content (AvgIpc) is 2.76. The minimum atomic E-state index is -1.04. The van der Waals surface area contributed by atoms with Crippen molar-refractivity contribution in [3.05, 3.63) is 65.7 Å². The summed E-state index contributed by atoms with van der Waals surface area (Å²) in [5, 5.41) is 12.1. The summed E-state index contributed by atoms with van der Waals surface area (Å²) >= 11 is 0. The highest BCUT2D eigenvalue weighted by molar-refractivity contribution is 5.83. The molecule has 2 aromatic rings. The highest BCUT2D eigenvalue weighted by Gasteiger charge is 2.20. The van der Waals surface area contributed by atoms with E-state index in [4.69, 9.17) is 10.5 Å². The standard InChI is InChI=1S/C24H32N2O4/c25-16-6-1-2-7-17-30-21-13-10-20(11-14-21)18-22(24(28)29)26-23(27)15-12-19-8-4-3-5-9-19/h3-5,8-11,13-14,22H,1-2,6-7,12,15-18,25H2,(H,26,27)(H,28,29)/t22-/m0/s1. The molecule has 0 spiro atoms. The molecule has 1 amide bonds. The molecule has 0 saturated heterocycles. The Balaban J connectivity index is 1.77. The van der Waals surface area contributed by atoms with Crippen molar-refractivity contribution < 1.29 is 19.4 Å². The third-order valence-corrected chi connectivity index (χ3v) is 4.85. The molecule has 30 heavy (non-hydrogen) atoms. The Bertz CT molecular complexity index is 763. The van der Waals surface area contributed by atoms with E-state index in [-0.39, 0.29) is 18.7 Å². The van der Waals surface area contributed by atoms with Crippen LogP contribution < -0.4 is 15.8 Å². The minimum Gasteiger partial charge on any atom is -0.494 e. The predicted molar refractivity (Wildman–Crippen MR) is 117 cm³/mol. The summed E-state index contributed by atoms with van der Waals surface area (Å²) in [7, 11) is 0. The smallest absolute Gasteiger partial charge is 0.326 e. The van der Waals surface area contributed by atoms with Gasteiger partial charge in [0.05, 0.1) is 6.61 Å². The first-order valence-electron chi connectivity index (χ1n) is 10.6. The second-order valence-corrected chi connectivity index (χ2v) is 7.34. The number of rotatable bonds is 14. The number of benzene rings is 2. The van der Waals surface area contributed by atoms with E-state index in [9.17, 15) is 14.7 Å². The molecule has 0 aromatic heterocycles. The molecule has 2 rings (SSSR count). The summed E-state index contributed by atoms with van der Waals surface area (Å²) in [5.74, 6) is -0.543. The Hall–Kier alpha value is -2.86. The topological polar surface area (TPSA) is 102 Å². The van der Waals surface area contributed by atoms with Gasteiger partial charge in [-0.05, 0) is 49.1 Å². The van der Waals surface area contributed by atoms with E-state index in [1.807, 2.05) is 54.6 Å². The number of amides is 1. The van der Waals surface area contributed by atoms with Gasteiger partial charge in [-0.2, -0.15) is 0 Å². The van der Waals surface area contributed by atoms with Crippen LogP contribution in [0.3, 0.4) is 0 Å². The number of aliphatic carboxylic acids is 1. The van der Waals surface area contributed by atoms with Crippen LogP contribution in [-0.2, 0) is 22.4 Å². The largest absolute Gasteiger partial charge is 0.494 e. The van der Waals surface area contributed by atoms with Gasteiger partial charge in [-0.15, -0.1) is 0 Å². The van der Waals surface area contributed by atoms with E-state index in [2.05, 4.69) is 5.32 Å². The first-order chi connectivity index (χ1) is 14.6. The average molecular weight is 413 g/mol. The predicted octanol–water partition coefficient (Wildman–Crippen LogP) is 3.33. The van der Waals surface area contributed by atoms with Gasteiger partial charge in [-0.3, -0.25) is 4.79 Å². The van der Waals surface area contributed by atoms with Crippen LogP contribution in [0, 0.1) is 0 Å². The third-order valence-electron chi connectivity index (χ3n) is 4.85. The van der Waals surface area contributed by atoms with Crippen molar-refractivity contribution in [2.75, 3.05) is 13.2 Å². The van der Waals surface area contributed by atoms with Crippen LogP contribution in [0.15, 0.2) is 54.6 Å². The molecular weight excluding hydrogens is 380 g/mol. The molecule has 0 radical (unpaired) electrons. The monoisotopic (exact) mass is 412 g/mol. The van der Waals surface area contributed by atoms with Crippen molar-refractivity contribution in [3.8, 4) is 5.75 Å². The van der Waals surface area contributed by atoms with Crippen LogP contribution in [0.5, 0.6) is 5.75 Å². The van der Waals surface area contributed by atoms with E-state index in [0.717, 1.165) is 49.1 Å². The van der Waals surface area contributed by atoms with Gasteiger partial charge in [0, 0.05) is 12.8 Å². The maximum atomic E-state index is 12.2. The van der Waals surface area contributed by atoms with Crippen LogP contribution in [0.4, 0.5) is 0 Å². The van der Waals surface area contributed by atoms with Gasteiger partial charge in [0.2, 0.25) is 5.91 Å². The van der Waals surface area contributed by atoms with Crippen LogP contribution in [-0.4, -0.2) is 36.2 Å². The molecular formula is C24H32N2O4. The van der Waals surface area contributed by atoms with Crippen molar-refractivity contribution in [1.82, 2.24) is 5.32 Å². The zero-order chi connectivity index (χ0) is 21.6.